The summed E-state index contributed by atoms with van der Waals surface area (Å²) in [6, 6.07) is 17.9. The van der Waals surface area contributed by atoms with Gasteiger partial charge in [0.15, 0.2) is 10.9 Å². The molecule has 4 rings (SSSR count). The monoisotopic (exact) mass is 437 g/mol. The molecule has 2 aliphatic heterocycles. The summed E-state index contributed by atoms with van der Waals surface area (Å²) in [5.41, 5.74) is 1.74. The number of nitrogens with zero attached hydrogens (tertiary/aromatic N) is 1. The van der Waals surface area contributed by atoms with Gasteiger partial charge in [0.1, 0.15) is 12.4 Å². The molecule has 0 N–H and O–H groups in total. The minimum atomic E-state index is -0.429. The molecule has 0 aliphatic carbocycles. The predicted molar refractivity (Wildman–Crippen MR) is 121 cm³/mol. The van der Waals surface area contributed by atoms with Crippen molar-refractivity contribution in [1.82, 2.24) is 4.90 Å². The number of likely N-dealkylation sites (N-methyl/N-ethyl adjacent to an activating group) is 1. The second-order valence-electron chi connectivity index (χ2n) is 8.40. The highest BCUT2D eigenvalue weighted by atomic mass is 32.2. The predicted octanol–water partition coefficient (Wildman–Crippen LogP) is 3.84. The Morgan fingerprint density at radius 1 is 1.10 bits per heavy atom. The van der Waals surface area contributed by atoms with E-state index in [2.05, 4.69) is 19.1 Å². The van der Waals surface area contributed by atoms with Crippen molar-refractivity contribution in [2.45, 2.75) is 37.6 Å². The summed E-state index contributed by atoms with van der Waals surface area (Å²) in [5, 5.41) is 0.120. The van der Waals surface area contributed by atoms with Gasteiger partial charge in [-0.2, -0.15) is 0 Å². The highest BCUT2D eigenvalue weighted by Crippen LogP contribution is 2.45. The highest BCUT2D eigenvalue weighted by molar-refractivity contribution is 8.14. The van der Waals surface area contributed by atoms with E-state index in [0.29, 0.717) is 12.2 Å². The number of amides is 1. The van der Waals surface area contributed by atoms with Crippen LogP contribution < -0.4 is 4.74 Å². The lowest BCUT2D eigenvalue weighted by Crippen LogP contribution is -2.40. The summed E-state index contributed by atoms with van der Waals surface area (Å²) in [4.78, 5) is 38.3. The Labute approximate surface area is 187 Å². The first-order valence-corrected chi connectivity index (χ1v) is 11.6. The van der Waals surface area contributed by atoms with Gasteiger partial charge in [0.05, 0.1) is 0 Å². The average molecular weight is 438 g/mol. The Bertz CT molecular complexity index is 975. The van der Waals surface area contributed by atoms with E-state index in [0.717, 1.165) is 23.3 Å². The van der Waals surface area contributed by atoms with E-state index >= 15 is 0 Å². The van der Waals surface area contributed by atoms with E-state index in [4.69, 9.17) is 4.74 Å². The van der Waals surface area contributed by atoms with Crippen LogP contribution in [0, 0.1) is 5.92 Å². The Kier molecular flexibility index (Phi) is 6.19. The van der Waals surface area contributed by atoms with Crippen molar-refractivity contribution in [1.29, 1.82) is 0 Å². The lowest BCUT2D eigenvalue weighted by atomic mass is 9.69. The van der Waals surface area contributed by atoms with Gasteiger partial charge in [-0.25, -0.2) is 0 Å². The van der Waals surface area contributed by atoms with Gasteiger partial charge in [-0.1, -0.05) is 54.2 Å². The number of Topliss-reactive ketones (excluding diaryl/α,β-unsaturated/α-hetero) is 1. The molecule has 3 atom stereocenters. The molecule has 3 unspecified atom stereocenters. The third kappa shape index (κ3) is 4.13. The number of likely N-dealkylation sites (tertiary alicyclic amines) is 1. The van der Waals surface area contributed by atoms with Crippen molar-refractivity contribution in [2.24, 2.45) is 5.92 Å². The quantitative estimate of drug-likeness (QED) is 0.659. The molecule has 0 aromatic heterocycles. The van der Waals surface area contributed by atoms with Crippen LogP contribution in [-0.2, 0) is 19.8 Å². The Morgan fingerprint density at radius 3 is 2.35 bits per heavy atom. The summed E-state index contributed by atoms with van der Waals surface area (Å²) in [6.45, 7) is 2.05. The van der Waals surface area contributed by atoms with Crippen molar-refractivity contribution in [3.8, 4) is 5.75 Å². The lowest BCUT2D eigenvalue weighted by Gasteiger charge is -2.35. The van der Waals surface area contributed by atoms with Gasteiger partial charge in [-0.3, -0.25) is 14.4 Å². The van der Waals surface area contributed by atoms with Crippen LogP contribution in [0.1, 0.15) is 37.3 Å². The molecule has 2 heterocycles. The van der Waals surface area contributed by atoms with Crippen LogP contribution in [0.25, 0.3) is 0 Å². The number of thioether (sulfide) groups is 1. The van der Waals surface area contributed by atoms with E-state index in [1.54, 1.807) is 0 Å². The van der Waals surface area contributed by atoms with Gasteiger partial charge in [-0.15, -0.1) is 0 Å². The number of hydrogen-bond acceptors (Lipinski definition) is 5. The number of carbonyl (C=O) groups is 3. The van der Waals surface area contributed by atoms with Gasteiger partial charge < -0.3 is 9.64 Å². The molecule has 6 heteroatoms. The van der Waals surface area contributed by atoms with Crippen LogP contribution in [0.4, 0.5) is 0 Å². The van der Waals surface area contributed by atoms with Gasteiger partial charge >= 0.3 is 0 Å². The smallest absolute Gasteiger partial charge is 0.223 e. The van der Waals surface area contributed by atoms with Crippen LogP contribution in [0.5, 0.6) is 5.75 Å². The minimum Gasteiger partial charge on any atom is -0.486 e. The summed E-state index contributed by atoms with van der Waals surface area (Å²) in [7, 11) is 1.86. The zero-order valence-corrected chi connectivity index (χ0v) is 18.7. The van der Waals surface area contributed by atoms with Crippen molar-refractivity contribution >= 4 is 28.6 Å². The molecule has 31 heavy (non-hydrogen) atoms. The Morgan fingerprint density at radius 2 is 1.77 bits per heavy atom. The van der Waals surface area contributed by atoms with Crippen LogP contribution in [0.2, 0.25) is 0 Å². The summed E-state index contributed by atoms with van der Waals surface area (Å²) >= 11 is 1.31. The SMILES string of the molecule is CC1N(C)C(=O)CC1(c1ccccc1)c1ccc(OCC(=O)CC2CCSC2=O)cc1. The van der Waals surface area contributed by atoms with E-state index in [9.17, 15) is 14.4 Å². The number of rotatable bonds is 7. The summed E-state index contributed by atoms with van der Waals surface area (Å²) in [6.07, 6.45) is 1.45. The molecule has 0 bridgehead atoms. The topological polar surface area (TPSA) is 63.7 Å². The molecule has 2 aromatic carbocycles. The zero-order chi connectivity index (χ0) is 22.0. The summed E-state index contributed by atoms with van der Waals surface area (Å²) < 4.78 is 5.69. The molecule has 1 amide bonds. The van der Waals surface area contributed by atoms with E-state index in [1.165, 1.54) is 11.8 Å². The molecule has 5 nitrogen and oxygen atoms in total. The molecule has 2 fully saturated rings. The fourth-order valence-electron chi connectivity index (χ4n) is 4.72. The third-order valence-corrected chi connectivity index (χ3v) is 7.75. The van der Waals surface area contributed by atoms with Gasteiger partial charge in [0.2, 0.25) is 5.91 Å². The largest absolute Gasteiger partial charge is 0.486 e. The molecule has 2 aromatic rings. The maximum Gasteiger partial charge on any atom is 0.223 e. The van der Waals surface area contributed by atoms with Crippen molar-refractivity contribution in [3.05, 3.63) is 65.7 Å². The van der Waals surface area contributed by atoms with Crippen LogP contribution in [-0.4, -0.2) is 47.2 Å². The Balaban J connectivity index is 1.50. The van der Waals surface area contributed by atoms with Crippen LogP contribution >= 0.6 is 11.8 Å². The fourth-order valence-corrected chi connectivity index (χ4v) is 5.76. The molecular weight excluding hydrogens is 410 g/mol. The second-order valence-corrected chi connectivity index (χ2v) is 9.50. The Hall–Kier alpha value is -2.60. The fraction of sp³-hybridized carbons (Fsp3) is 0.400. The second kappa shape index (κ2) is 8.87. The van der Waals surface area contributed by atoms with Gasteiger partial charge in [-0.05, 0) is 36.6 Å². The van der Waals surface area contributed by atoms with E-state index in [1.807, 2.05) is 54.4 Å². The molecule has 0 spiro atoms. The molecular formula is C25H27NO4S. The molecule has 0 saturated carbocycles. The average Bonchev–Trinajstić information content (AvgIpc) is 3.29. The number of hydrogen-bond donors (Lipinski definition) is 0. The maximum atomic E-state index is 12.6. The highest BCUT2D eigenvalue weighted by Gasteiger charge is 2.50. The number of benzene rings is 2. The van der Waals surface area contributed by atoms with Gasteiger partial charge in [0, 0.05) is 43.0 Å². The molecule has 2 saturated heterocycles. The van der Waals surface area contributed by atoms with Crippen molar-refractivity contribution in [2.75, 3.05) is 19.4 Å². The number of carbonyl (C=O) groups excluding carboxylic acids is 3. The standard InChI is InChI=1S/C25H27NO4S/c1-17-25(15-23(28)26(17)2,19-6-4-3-5-7-19)20-8-10-22(11-9-20)30-16-21(27)14-18-12-13-31-24(18)29/h3-11,17-18H,12-16H2,1-2H3. The number of ketones is 1. The molecule has 162 valence electrons. The first-order chi connectivity index (χ1) is 14.9. The van der Waals surface area contributed by atoms with Crippen molar-refractivity contribution in [3.63, 3.8) is 0 Å². The molecule has 2 aliphatic rings. The van der Waals surface area contributed by atoms with Crippen molar-refractivity contribution < 1.29 is 19.1 Å². The summed E-state index contributed by atoms with van der Waals surface area (Å²) in [5.74, 6) is 1.33. The van der Waals surface area contributed by atoms with Crippen LogP contribution in [0.3, 0.4) is 0 Å². The van der Waals surface area contributed by atoms with Crippen LogP contribution in [0.15, 0.2) is 54.6 Å². The number of ether oxygens (including phenoxy) is 1. The lowest BCUT2D eigenvalue weighted by molar-refractivity contribution is -0.127. The first kappa shape index (κ1) is 21.6. The van der Waals surface area contributed by atoms with E-state index in [-0.39, 0.29) is 41.8 Å². The third-order valence-electron chi connectivity index (χ3n) is 6.69. The van der Waals surface area contributed by atoms with E-state index < -0.39 is 5.41 Å². The van der Waals surface area contributed by atoms with Gasteiger partial charge in [0.25, 0.3) is 0 Å². The maximum absolute atomic E-state index is 12.6. The minimum absolute atomic E-state index is 0.0116. The first-order valence-electron chi connectivity index (χ1n) is 10.6. The molecule has 0 radical (unpaired) electrons. The normalized spacial score (nSPS) is 25.8. The zero-order valence-electron chi connectivity index (χ0n) is 17.9.